The monoisotopic (exact) mass is 331 g/mol. The Morgan fingerprint density at radius 2 is 2.08 bits per heavy atom. The maximum absolute atomic E-state index is 12.9. The molecule has 0 saturated carbocycles. The van der Waals surface area contributed by atoms with Gasteiger partial charge < -0.3 is 15.1 Å². The van der Waals surface area contributed by atoms with Gasteiger partial charge in [-0.3, -0.25) is 9.59 Å². The van der Waals surface area contributed by atoms with Crippen molar-refractivity contribution < 1.29 is 18.4 Å². The highest BCUT2D eigenvalue weighted by molar-refractivity contribution is 5.81. The van der Waals surface area contributed by atoms with Crippen LogP contribution in [0.2, 0.25) is 0 Å². The highest BCUT2D eigenvalue weighted by atomic mass is 19.1. The van der Waals surface area contributed by atoms with Crippen LogP contribution in [0.1, 0.15) is 18.7 Å². The van der Waals surface area contributed by atoms with Gasteiger partial charge in [-0.15, -0.1) is 0 Å². The lowest BCUT2D eigenvalue weighted by Crippen LogP contribution is -2.31. The number of halogens is 1. The van der Waals surface area contributed by atoms with Crippen LogP contribution in [0.3, 0.4) is 0 Å². The van der Waals surface area contributed by atoms with Crippen LogP contribution in [-0.2, 0) is 16.0 Å². The van der Waals surface area contributed by atoms with E-state index < -0.39 is 0 Å². The smallest absolute Gasteiger partial charge is 0.223 e. The molecule has 0 spiro atoms. The second-order valence-corrected chi connectivity index (χ2v) is 5.85. The first kappa shape index (κ1) is 16.2. The number of hydrogen-bond donors (Lipinski definition) is 1. The molecule has 1 aromatic carbocycles. The molecule has 0 unspecified atom stereocenters. The van der Waals surface area contributed by atoms with Gasteiger partial charge in [0.2, 0.25) is 11.8 Å². The van der Waals surface area contributed by atoms with E-state index in [1.165, 1.54) is 12.1 Å². The Kier molecular flexibility index (Phi) is 4.59. The molecule has 2 heterocycles. The fourth-order valence-corrected chi connectivity index (χ4v) is 2.76. The summed E-state index contributed by atoms with van der Waals surface area (Å²) in [5, 5.41) is 0. The Morgan fingerprint density at radius 1 is 1.33 bits per heavy atom. The predicted octanol–water partition coefficient (Wildman–Crippen LogP) is 1.75. The van der Waals surface area contributed by atoms with Crippen LogP contribution in [0.25, 0.3) is 11.3 Å². The molecular weight excluding hydrogens is 313 g/mol. The molecule has 6 nitrogen and oxygen atoms in total. The molecule has 0 bridgehead atoms. The molecule has 24 heavy (non-hydrogen) atoms. The summed E-state index contributed by atoms with van der Waals surface area (Å²) in [6, 6.07) is 5.92. The van der Waals surface area contributed by atoms with E-state index in [0.29, 0.717) is 37.6 Å². The first-order chi connectivity index (χ1) is 11.5. The summed E-state index contributed by atoms with van der Waals surface area (Å²) in [6.07, 6.45) is 2.81. The number of primary amides is 1. The summed E-state index contributed by atoms with van der Waals surface area (Å²) in [5.41, 5.74) is 5.99. The Labute approximate surface area is 138 Å². The van der Waals surface area contributed by atoms with Crippen LogP contribution in [0.15, 0.2) is 34.9 Å². The van der Waals surface area contributed by atoms with Crippen LogP contribution < -0.4 is 5.73 Å². The van der Waals surface area contributed by atoms with Gasteiger partial charge >= 0.3 is 0 Å². The fourth-order valence-electron chi connectivity index (χ4n) is 2.76. The van der Waals surface area contributed by atoms with Crippen LogP contribution in [-0.4, -0.2) is 34.8 Å². The van der Waals surface area contributed by atoms with Gasteiger partial charge in [-0.25, -0.2) is 9.37 Å². The molecule has 1 atom stereocenters. The molecule has 2 amide bonds. The standard InChI is InChI=1S/C17H18FN3O3/c18-13-3-1-11(2-4-13)14-9-20-15(24-14)5-6-16(22)21-8-7-12(10-21)17(19)23/h1-4,9,12H,5-8,10H2,(H2,19,23)/t12-/m1/s1. The van der Waals surface area contributed by atoms with Gasteiger partial charge in [0.05, 0.1) is 12.1 Å². The van der Waals surface area contributed by atoms with Crippen molar-refractivity contribution in [1.29, 1.82) is 0 Å². The lowest BCUT2D eigenvalue weighted by molar-refractivity contribution is -0.130. The van der Waals surface area contributed by atoms with Gasteiger partial charge in [-0.2, -0.15) is 0 Å². The summed E-state index contributed by atoms with van der Waals surface area (Å²) >= 11 is 0. The average Bonchev–Trinajstić information content (AvgIpc) is 3.23. The molecule has 2 N–H and O–H groups in total. The van der Waals surface area contributed by atoms with Crippen LogP contribution >= 0.6 is 0 Å². The Hall–Kier alpha value is -2.70. The van der Waals surface area contributed by atoms with Crippen molar-refractivity contribution in [3.63, 3.8) is 0 Å². The minimum absolute atomic E-state index is 0.0414. The molecule has 2 aromatic rings. The summed E-state index contributed by atoms with van der Waals surface area (Å²) in [5.74, 6) is 0.0210. The zero-order valence-corrected chi connectivity index (χ0v) is 13.1. The number of amides is 2. The zero-order valence-electron chi connectivity index (χ0n) is 13.1. The molecule has 0 radical (unpaired) electrons. The molecular formula is C17H18FN3O3. The number of aromatic nitrogens is 1. The second-order valence-electron chi connectivity index (χ2n) is 5.85. The number of carbonyl (C=O) groups excluding carboxylic acids is 2. The van der Waals surface area contributed by atoms with E-state index in [2.05, 4.69) is 4.98 Å². The van der Waals surface area contributed by atoms with Gasteiger partial charge in [0.15, 0.2) is 11.7 Å². The number of likely N-dealkylation sites (tertiary alicyclic amines) is 1. The number of rotatable bonds is 5. The van der Waals surface area contributed by atoms with E-state index in [1.807, 2.05) is 0 Å². The topological polar surface area (TPSA) is 89.4 Å². The van der Waals surface area contributed by atoms with Crippen molar-refractivity contribution in [2.24, 2.45) is 11.7 Å². The Bertz CT molecular complexity index is 742. The van der Waals surface area contributed by atoms with Gasteiger partial charge in [0.25, 0.3) is 0 Å². The largest absolute Gasteiger partial charge is 0.441 e. The molecule has 1 fully saturated rings. The van der Waals surface area contributed by atoms with Crippen molar-refractivity contribution in [2.75, 3.05) is 13.1 Å². The van der Waals surface area contributed by atoms with Gasteiger partial charge in [0, 0.05) is 31.5 Å². The number of benzene rings is 1. The molecule has 1 aliphatic rings. The first-order valence-electron chi connectivity index (χ1n) is 7.80. The fraction of sp³-hybridized carbons (Fsp3) is 0.353. The van der Waals surface area contributed by atoms with E-state index in [1.54, 1.807) is 23.2 Å². The average molecular weight is 331 g/mol. The molecule has 1 saturated heterocycles. The number of oxazole rings is 1. The molecule has 3 rings (SSSR count). The zero-order chi connectivity index (χ0) is 17.1. The van der Waals surface area contributed by atoms with E-state index >= 15 is 0 Å². The third-order valence-electron chi connectivity index (χ3n) is 4.18. The van der Waals surface area contributed by atoms with Crippen molar-refractivity contribution in [1.82, 2.24) is 9.88 Å². The Morgan fingerprint density at radius 3 is 2.75 bits per heavy atom. The number of nitrogens with two attached hydrogens (primary N) is 1. The summed E-state index contributed by atoms with van der Waals surface area (Å²) in [7, 11) is 0. The van der Waals surface area contributed by atoms with Crippen LogP contribution in [0.5, 0.6) is 0 Å². The number of nitrogens with zero attached hydrogens (tertiary/aromatic N) is 2. The lowest BCUT2D eigenvalue weighted by atomic mass is 10.1. The van der Waals surface area contributed by atoms with Crippen molar-refractivity contribution in [3.05, 3.63) is 42.2 Å². The van der Waals surface area contributed by atoms with Crippen molar-refractivity contribution in [2.45, 2.75) is 19.3 Å². The molecule has 0 aliphatic carbocycles. The highest BCUT2D eigenvalue weighted by Crippen LogP contribution is 2.22. The summed E-state index contributed by atoms with van der Waals surface area (Å²) < 4.78 is 18.5. The highest BCUT2D eigenvalue weighted by Gasteiger charge is 2.29. The van der Waals surface area contributed by atoms with Crippen LogP contribution in [0.4, 0.5) is 4.39 Å². The maximum atomic E-state index is 12.9. The van der Waals surface area contributed by atoms with Gasteiger partial charge in [-0.1, -0.05) is 0 Å². The molecule has 1 aliphatic heterocycles. The Balaban J connectivity index is 1.55. The summed E-state index contributed by atoms with van der Waals surface area (Å²) in [6.45, 7) is 0.944. The van der Waals surface area contributed by atoms with E-state index in [0.717, 1.165) is 5.56 Å². The van der Waals surface area contributed by atoms with E-state index in [-0.39, 0.29) is 30.0 Å². The number of hydrogen-bond acceptors (Lipinski definition) is 4. The third kappa shape index (κ3) is 3.61. The van der Waals surface area contributed by atoms with Crippen molar-refractivity contribution in [3.8, 4) is 11.3 Å². The first-order valence-corrected chi connectivity index (χ1v) is 7.80. The lowest BCUT2D eigenvalue weighted by Gasteiger charge is -2.15. The maximum Gasteiger partial charge on any atom is 0.223 e. The molecule has 1 aromatic heterocycles. The number of carbonyl (C=O) groups is 2. The minimum atomic E-state index is -0.359. The van der Waals surface area contributed by atoms with Crippen LogP contribution in [0, 0.1) is 11.7 Å². The van der Waals surface area contributed by atoms with E-state index in [9.17, 15) is 14.0 Å². The summed E-state index contributed by atoms with van der Waals surface area (Å²) in [4.78, 5) is 29.1. The second kappa shape index (κ2) is 6.82. The quantitative estimate of drug-likeness (QED) is 0.904. The SMILES string of the molecule is NC(=O)[C@@H]1CCN(C(=O)CCc2ncc(-c3ccc(F)cc3)o2)C1. The normalized spacial score (nSPS) is 17.2. The third-order valence-corrected chi connectivity index (χ3v) is 4.18. The van der Waals surface area contributed by atoms with Gasteiger partial charge in [-0.05, 0) is 30.7 Å². The number of aryl methyl sites for hydroxylation is 1. The minimum Gasteiger partial charge on any atom is -0.441 e. The molecule has 7 heteroatoms. The predicted molar refractivity (Wildman–Crippen MR) is 84.1 cm³/mol. The van der Waals surface area contributed by atoms with Crippen molar-refractivity contribution >= 4 is 11.8 Å². The van der Waals surface area contributed by atoms with Gasteiger partial charge in [0.1, 0.15) is 5.82 Å². The molecule has 126 valence electrons. The van der Waals surface area contributed by atoms with E-state index in [4.69, 9.17) is 10.2 Å².